The summed E-state index contributed by atoms with van der Waals surface area (Å²) in [7, 11) is 0. The Morgan fingerprint density at radius 3 is 2.69 bits per heavy atom. The molecule has 2 N–H and O–H groups in total. The van der Waals surface area contributed by atoms with E-state index >= 15 is 0 Å². The van der Waals surface area contributed by atoms with Gasteiger partial charge in [0.25, 0.3) is 5.56 Å². The molecule has 3 aliphatic carbocycles. The minimum atomic E-state index is -0.459. The Kier molecular flexibility index (Phi) is 7.01. The first-order chi connectivity index (χ1) is 17.3. The van der Waals surface area contributed by atoms with E-state index in [4.69, 9.17) is 16.3 Å². The van der Waals surface area contributed by atoms with Crippen molar-refractivity contribution in [1.29, 1.82) is 0 Å². The summed E-state index contributed by atoms with van der Waals surface area (Å²) in [6, 6.07) is 8.29. The maximum absolute atomic E-state index is 12.9. The first kappa shape index (κ1) is 25.1. The number of benzene rings is 1. The van der Waals surface area contributed by atoms with Crippen LogP contribution in [0.1, 0.15) is 39.2 Å². The first-order valence-electron chi connectivity index (χ1n) is 12.9. The quantitative estimate of drug-likeness (QED) is 0.589. The van der Waals surface area contributed by atoms with E-state index in [1.54, 1.807) is 6.20 Å². The average Bonchev–Trinajstić information content (AvgIpc) is 2.88. The van der Waals surface area contributed by atoms with Crippen LogP contribution in [0.4, 0.5) is 11.4 Å². The number of nitrogens with zero attached hydrogens (tertiary/aromatic N) is 3. The molecule has 1 saturated heterocycles. The molecule has 0 spiro atoms. The molecule has 9 heteroatoms. The summed E-state index contributed by atoms with van der Waals surface area (Å²) in [6.45, 7) is 10.2. The number of ether oxygens (including phenoxy) is 1. The van der Waals surface area contributed by atoms with Crippen LogP contribution in [0.2, 0.25) is 5.02 Å². The van der Waals surface area contributed by atoms with Gasteiger partial charge in [0.05, 0.1) is 25.1 Å². The number of halogens is 1. The van der Waals surface area contributed by atoms with Gasteiger partial charge in [-0.3, -0.25) is 9.59 Å². The van der Waals surface area contributed by atoms with E-state index in [1.165, 1.54) is 6.42 Å². The summed E-state index contributed by atoms with van der Waals surface area (Å²) in [6.07, 6.45) is 3.92. The van der Waals surface area contributed by atoms with Crippen molar-refractivity contribution in [2.45, 2.75) is 52.7 Å². The van der Waals surface area contributed by atoms with Crippen LogP contribution in [0, 0.1) is 23.2 Å². The number of anilines is 2. The molecule has 0 radical (unpaired) electrons. The molecular weight excluding hydrogens is 478 g/mol. The van der Waals surface area contributed by atoms with Crippen molar-refractivity contribution in [2.75, 3.05) is 36.5 Å². The number of carbonyl (C=O) groups excluding carboxylic acids is 1. The van der Waals surface area contributed by atoms with Crippen LogP contribution in [0.5, 0.6) is 0 Å². The molecule has 0 unspecified atom stereocenters. The fourth-order valence-corrected chi connectivity index (χ4v) is 6.58. The van der Waals surface area contributed by atoms with E-state index in [1.807, 2.05) is 18.2 Å². The van der Waals surface area contributed by atoms with Crippen LogP contribution in [0.3, 0.4) is 0 Å². The molecule has 2 aromatic rings. The molecule has 4 fully saturated rings. The van der Waals surface area contributed by atoms with Crippen LogP contribution in [0.15, 0.2) is 35.3 Å². The van der Waals surface area contributed by atoms with E-state index in [0.29, 0.717) is 48.6 Å². The Morgan fingerprint density at radius 2 is 1.97 bits per heavy atom. The highest BCUT2D eigenvalue weighted by Crippen LogP contribution is 2.61. The second-order valence-electron chi connectivity index (χ2n) is 11.0. The van der Waals surface area contributed by atoms with Crippen molar-refractivity contribution >= 4 is 28.9 Å². The predicted octanol–water partition coefficient (Wildman–Crippen LogP) is 3.53. The number of nitrogens with one attached hydrogen (secondary N) is 2. The van der Waals surface area contributed by atoms with Crippen molar-refractivity contribution in [1.82, 2.24) is 15.1 Å². The topological polar surface area (TPSA) is 88.5 Å². The van der Waals surface area contributed by atoms with Crippen molar-refractivity contribution < 1.29 is 9.53 Å². The van der Waals surface area contributed by atoms with Crippen molar-refractivity contribution in [3.63, 3.8) is 0 Å². The highest BCUT2D eigenvalue weighted by molar-refractivity contribution is 6.32. The Labute approximate surface area is 217 Å². The minimum Gasteiger partial charge on any atom is -0.379 e. The molecular formula is C27H36ClN5O3. The molecule has 6 rings (SSSR count). The number of rotatable bonds is 7. The number of para-hydroxylation sites is 1. The summed E-state index contributed by atoms with van der Waals surface area (Å²) in [5.41, 5.74) is 2.59. The molecule has 194 valence electrons. The molecule has 36 heavy (non-hydrogen) atoms. The van der Waals surface area contributed by atoms with Gasteiger partial charge in [-0.05, 0) is 47.6 Å². The highest BCUT2D eigenvalue weighted by atomic mass is 35.5. The zero-order chi connectivity index (χ0) is 25.4. The van der Waals surface area contributed by atoms with Crippen molar-refractivity contribution in [2.24, 2.45) is 23.2 Å². The van der Waals surface area contributed by atoms with Gasteiger partial charge in [0, 0.05) is 31.4 Å². The third kappa shape index (κ3) is 4.73. The average molecular weight is 514 g/mol. The van der Waals surface area contributed by atoms with E-state index < -0.39 is 5.56 Å². The van der Waals surface area contributed by atoms with Gasteiger partial charge in [-0.2, -0.15) is 5.10 Å². The number of aromatic nitrogens is 2. The fraction of sp³-hybridized carbons (Fsp3) is 0.593. The van der Waals surface area contributed by atoms with E-state index in [-0.39, 0.29) is 23.5 Å². The lowest BCUT2D eigenvalue weighted by atomic mass is 9.45. The van der Waals surface area contributed by atoms with Gasteiger partial charge in [-0.15, -0.1) is 0 Å². The lowest BCUT2D eigenvalue weighted by Gasteiger charge is -2.62. The van der Waals surface area contributed by atoms with Gasteiger partial charge < -0.3 is 20.3 Å². The number of fused-ring (bicyclic) bond motifs is 2. The lowest BCUT2D eigenvalue weighted by Crippen LogP contribution is -2.58. The number of morpholine rings is 1. The number of amides is 1. The van der Waals surface area contributed by atoms with Gasteiger partial charge in [0.2, 0.25) is 5.91 Å². The van der Waals surface area contributed by atoms with Crippen LogP contribution in [0.25, 0.3) is 0 Å². The smallest absolute Gasteiger partial charge is 0.288 e. The Bertz CT molecular complexity index is 1180. The largest absolute Gasteiger partial charge is 0.379 e. The maximum atomic E-state index is 12.9. The van der Waals surface area contributed by atoms with Gasteiger partial charge >= 0.3 is 0 Å². The molecule has 1 aromatic heterocycles. The molecule has 2 heterocycles. The standard InChI is InChI=1S/C27H36ClN5O3/c1-17-20-12-19(27(20,2)3)13-21(17)31-22-15-30-33(26(35)25(22)28)16-24(34)29-14-18-6-4-5-7-23(18)32-8-10-36-11-9-32/h4-7,15,17,19-21,31H,8-14,16H2,1-3H3,(H,29,34)/t17-,19-,20+,21-/m1/s1. The monoisotopic (exact) mass is 513 g/mol. The lowest BCUT2D eigenvalue weighted by molar-refractivity contribution is -0.122. The summed E-state index contributed by atoms with van der Waals surface area (Å²) < 4.78 is 6.58. The zero-order valence-electron chi connectivity index (χ0n) is 21.3. The molecule has 8 nitrogen and oxygen atoms in total. The van der Waals surface area contributed by atoms with Gasteiger partial charge in [-0.25, -0.2) is 4.68 Å². The minimum absolute atomic E-state index is 0.0844. The Hall–Kier alpha value is -2.58. The maximum Gasteiger partial charge on any atom is 0.288 e. The summed E-state index contributed by atoms with van der Waals surface area (Å²) in [5.74, 6) is 1.58. The van der Waals surface area contributed by atoms with E-state index in [0.717, 1.165) is 35.4 Å². The first-order valence-corrected chi connectivity index (χ1v) is 13.3. The molecule has 4 atom stereocenters. The molecule has 1 aromatic carbocycles. The van der Waals surface area contributed by atoms with Crippen molar-refractivity contribution in [3.8, 4) is 0 Å². The van der Waals surface area contributed by atoms with E-state index in [2.05, 4.69) is 47.5 Å². The Morgan fingerprint density at radius 1 is 1.22 bits per heavy atom. The highest BCUT2D eigenvalue weighted by Gasteiger charge is 2.56. The Balaban J connectivity index is 1.20. The second kappa shape index (κ2) is 10.1. The molecule has 1 amide bonds. The predicted molar refractivity (Wildman–Crippen MR) is 141 cm³/mol. The second-order valence-corrected chi connectivity index (χ2v) is 11.4. The van der Waals surface area contributed by atoms with Crippen LogP contribution in [-0.4, -0.2) is 48.0 Å². The number of hydrogen-bond donors (Lipinski definition) is 2. The number of carbonyl (C=O) groups is 1. The van der Waals surface area contributed by atoms with Crippen LogP contribution in [-0.2, 0) is 22.6 Å². The van der Waals surface area contributed by atoms with Gasteiger partial charge in [-0.1, -0.05) is 50.6 Å². The van der Waals surface area contributed by atoms with Crippen LogP contribution < -0.4 is 21.1 Å². The van der Waals surface area contributed by atoms with E-state index in [9.17, 15) is 9.59 Å². The molecule has 3 saturated carbocycles. The normalized spacial score (nSPS) is 26.7. The molecule has 4 aliphatic rings. The van der Waals surface area contributed by atoms with Gasteiger partial charge in [0.1, 0.15) is 11.6 Å². The van der Waals surface area contributed by atoms with Crippen molar-refractivity contribution in [3.05, 3.63) is 51.4 Å². The molecule has 2 bridgehead atoms. The third-order valence-corrected chi connectivity index (χ3v) is 9.16. The fourth-order valence-electron chi connectivity index (χ4n) is 6.38. The molecule has 1 aliphatic heterocycles. The summed E-state index contributed by atoms with van der Waals surface area (Å²) in [5, 5.41) is 10.7. The third-order valence-electron chi connectivity index (χ3n) is 8.79. The zero-order valence-corrected chi connectivity index (χ0v) is 22.1. The summed E-state index contributed by atoms with van der Waals surface area (Å²) >= 11 is 6.45. The SMILES string of the molecule is C[C@H]1[C@H](Nc2cnn(CC(=O)NCc3ccccc3N3CCOCC3)c(=O)c2Cl)C[C@H]2C[C@@H]1C2(C)C. The van der Waals surface area contributed by atoms with Crippen LogP contribution >= 0.6 is 11.6 Å². The summed E-state index contributed by atoms with van der Waals surface area (Å²) in [4.78, 5) is 27.8. The van der Waals surface area contributed by atoms with Gasteiger partial charge in [0.15, 0.2) is 0 Å². The number of hydrogen-bond acceptors (Lipinski definition) is 6.